The third-order valence-electron chi connectivity index (χ3n) is 17.0. The molecule has 4 aromatic carbocycles. The number of anilines is 4. The van der Waals surface area contributed by atoms with Crippen LogP contribution in [0.1, 0.15) is 181 Å². The lowest BCUT2D eigenvalue weighted by atomic mass is 9.95. The maximum atomic E-state index is 12.7. The van der Waals surface area contributed by atoms with Gasteiger partial charge in [-0.05, 0) is 175 Å². The van der Waals surface area contributed by atoms with Crippen LogP contribution in [0.4, 0.5) is 22.7 Å². The first-order valence-corrected chi connectivity index (χ1v) is 40.3. The molecule has 0 aliphatic heterocycles. The van der Waals surface area contributed by atoms with Crippen LogP contribution in [0.2, 0.25) is 0 Å². The van der Waals surface area contributed by atoms with Crippen LogP contribution in [-0.4, -0.2) is 140 Å². The first-order chi connectivity index (χ1) is 52.1. The molecule has 612 valence electrons. The van der Waals surface area contributed by atoms with Crippen molar-refractivity contribution in [3.8, 4) is 0 Å². The van der Waals surface area contributed by atoms with Gasteiger partial charge in [0.1, 0.15) is 36.0 Å². The summed E-state index contributed by atoms with van der Waals surface area (Å²) in [6, 6.07) is 26.6. The van der Waals surface area contributed by atoms with Crippen LogP contribution < -0.4 is 64.5 Å². The Morgan fingerprint density at radius 1 is 0.318 bits per heavy atom. The number of hydrogen-bond donors (Lipinski definition) is 16. The highest BCUT2D eigenvalue weighted by Gasteiger charge is 2.34. The number of carbonyl (C=O) groups excluding carboxylic acids is 12. The number of nitrogens with one attached hydrogen (secondary N) is 12. The fraction of sp³-hybridized carbons (Fsp3) is 0.550. The molecule has 30 heteroatoms. The predicted octanol–water partition coefficient (Wildman–Crippen LogP) is 11.0. The van der Waals surface area contributed by atoms with E-state index in [0.717, 1.165) is 41.5 Å². The Labute approximate surface area is 658 Å². The van der Waals surface area contributed by atoms with Crippen LogP contribution in [0.25, 0.3) is 0 Å². The third-order valence-corrected chi connectivity index (χ3v) is 18.3. The van der Waals surface area contributed by atoms with Gasteiger partial charge in [-0.2, -0.15) is 23.5 Å². The van der Waals surface area contributed by atoms with E-state index in [4.69, 9.17) is 20.8 Å². The molecular formula is C80H124N12O16S2. The molecule has 28 nitrogen and oxygen atoms in total. The number of thioether (sulfide) groups is 2. The van der Waals surface area contributed by atoms with Crippen molar-refractivity contribution < 1.29 is 78.4 Å². The van der Waals surface area contributed by atoms with E-state index in [1.54, 1.807) is 52.5 Å². The summed E-state index contributed by atoms with van der Waals surface area (Å²) in [5.74, 6) is -7.13. The van der Waals surface area contributed by atoms with Crippen LogP contribution in [0.15, 0.2) is 97.1 Å². The van der Waals surface area contributed by atoms with E-state index in [0.29, 0.717) is 85.6 Å². The lowest BCUT2D eigenvalue weighted by molar-refractivity contribution is -0.143. The van der Waals surface area contributed by atoms with Crippen molar-refractivity contribution in [2.45, 2.75) is 211 Å². The predicted molar refractivity (Wildman–Crippen MR) is 433 cm³/mol. The molecule has 1 unspecified atom stereocenters. The summed E-state index contributed by atoms with van der Waals surface area (Å²) in [6.45, 7) is 27.5. The van der Waals surface area contributed by atoms with Gasteiger partial charge >= 0.3 is 0 Å². The van der Waals surface area contributed by atoms with Crippen LogP contribution in [0.5, 0.6) is 0 Å². The third kappa shape index (κ3) is 41.7. The van der Waals surface area contributed by atoms with E-state index in [9.17, 15) is 57.5 Å². The number of hydrogen-bond acceptors (Lipinski definition) is 18. The number of rotatable bonds is 42. The molecule has 110 heavy (non-hydrogen) atoms. The van der Waals surface area contributed by atoms with Gasteiger partial charge in [0.25, 0.3) is 11.8 Å². The highest BCUT2D eigenvalue weighted by Crippen LogP contribution is 2.22. The Morgan fingerprint density at radius 2 is 0.564 bits per heavy atom. The summed E-state index contributed by atoms with van der Waals surface area (Å²) in [5.41, 5.74) is 13.2. The molecule has 16 N–H and O–H groups in total. The molecule has 0 fully saturated rings. The lowest BCUT2D eigenvalue weighted by Gasteiger charge is -2.23. The number of unbranched alkanes of at least 4 members (excludes halogenated alkanes) is 2. The van der Waals surface area contributed by atoms with E-state index in [1.165, 1.54) is 17.2 Å². The molecule has 0 saturated heterocycles. The molecule has 0 radical (unpaired) electrons. The fourth-order valence-electron chi connectivity index (χ4n) is 10.9. The molecule has 0 heterocycles. The molecule has 0 saturated carbocycles. The van der Waals surface area contributed by atoms with E-state index in [2.05, 4.69) is 42.5 Å². The second kappa shape index (κ2) is 55.5. The number of carbonyl (C=O) groups is 12. The Balaban J connectivity index is 0.000000733. The van der Waals surface area contributed by atoms with Crippen LogP contribution >= 0.6 is 23.5 Å². The Morgan fingerprint density at radius 3 is 0.809 bits per heavy atom. The first-order valence-electron chi connectivity index (χ1n) is 37.5. The van der Waals surface area contributed by atoms with Gasteiger partial charge in [0, 0.05) is 47.4 Å². The molecule has 0 aliphatic rings. The average Bonchev–Trinajstić information content (AvgIpc) is 0.875. The minimum absolute atomic E-state index is 0.115. The molecule has 0 aromatic heterocycles. The van der Waals surface area contributed by atoms with Gasteiger partial charge < -0.3 is 42.5 Å². The minimum atomic E-state index is -1.05. The van der Waals surface area contributed by atoms with Crippen LogP contribution in [0, 0.1) is 75.0 Å². The lowest BCUT2D eigenvalue weighted by Crippen LogP contribution is -2.49. The number of aryl methyl sites for hydroxylation is 4. The van der Waals surface area contributed by atoms with Gasteiger partial charge in [-0.3, -0.25) is 78.4 Å². The summed E-state index contributed by atoms with van der Waals surface area (Å²) >= 11 is 3.06. The highest BCUT2D eigenvalue weighted by molar-refractivity contribution is 7.98. The molecular weight excluding hydrogens is 1450 g/mol. The van der Waals surface area contributed by atoms with E-state index in [-0.39, 0.29) is 78.4 Å². The van der Waals surface area contributed by atoms with E-state index in [1.807, 2.05) is 182 Å². The fourth-order valence-corrected chi connectivity index (χ4v) is 11.9. The van der Waals surface area contributed by atoms with E-state index >= 15 is 0 Å². The van der Waals surface area contributed by atoms with Crippen molar-refractivity contribution in [2.75, 3.05) is 45.3 Å². The summed E-state index contributed by atoms with van der Waals surface area (Å²) in [4.78, 5) is 148. The van der Waals surface area contributed by atoms with Crippen LogP contribution in [-0.2, 0) is 57.5 Å². The molecule has 4 aromatic rings. The van der Waals surface area contributed by atoms with Gasteiger partial charge in [0.15, 0.2) is 0 Å². The Kier molecular flexibility index (Phi) is 49.9. The van der Waals surface area contributed by atoms with Gasteiger partial charge in [0.2, 0.25) is 59.1 Å². The number of amides is 12. The summed E-state index contributed by atoms with van der Waals surface area (Å²) in [6.07, 6.45) is 10.1. The first kappa shape index (κ1) is 99.1. The monoisotopic (exact) mass is 1570 g/mol. The molecule has 0 bridgehead atoms. The van der Waals surface area contributed by atoms with Crippen molar-refractivity contribution in [1.29, 1.82) is 0 Å². The summed E-state index contributed by atoms with van der Waals surface area (Å²) < 4.78 is 0. The number of benzene rings is 4. The van der Waals surface area contributed by atoms with Crippen molar-refractivity contribution >= 4 is 117 Å². The van der Waals surface area contributed by atoms with Gasteiger partial charge in [-0.15, -0.1) is 0 Å². The molecule has 0 spiro atoms. The molecule has 0 aliphatic carbocycles. The molecule has 8 atom stereocenters. The SMILES string of the molecule is CCCCC(C(=O)NO)C(=O)N[C@@H](CC(C)C)C(=O)Nc1ccc(C)cc1.CCCC[C@H](CC(=O)NO)C(=O)N[C@@H](CC(C)C)C(=O)Nc1ccc(C)cc1.CSCC[C@H](C(=O)NO)C(=O)N[C@@H](CC(C)C)C(=O)Nc1ccc(C)cc1.CSCC[C@H](CC(=O)NO)C(=O)N[C@@H](CC(C)C)C(=O)Nc1ccc(C)cc1. The Hall–Kier alpha value is -8.94. The molecule has 4 rings (SSSR count). The smallest absolute Gasteiger partial charge is 0.255 e. The highest BCUT2D eigenvalue weighted by atomic mass is 32.2. The largest absolute Gasteiger partial charge is 0.344 e. The van der Waals surface area contributed by atoms with Crippen molar-refractivity contribution in [1.82, 2.24) is 43.2 Å². The summed E-state index contributed by atoms with van der Waals surface area (Å²) in [5, 5.41) is 57.6. The molecule has 12 amide bonds. The number of hydroxylamine groups is 4. The van der Waals surface area contributed by atoms with Crippen LogP contribution in [0.3, 0.4) is 0 Å². The van der Waals surface area contributed by atoms with Crippen molar-refractivity contribution in [2.24, 2.45) is 47.3 Å². The van der Waals surface area contributed by atoms with Gasteiger partial charge in [0.05, 0.1) is 0 Å². The maximum absolute atomic E-state index is 12.7. The zero-order valence-corrected chi connectivity index (χ0v) is 68.6. The van der Waals surface area contributed by atoms with Crippen molar-refractivity contribution in [3.05, 3.63) is 119 Å². The summed E-state index contributed by atoms with van der Waals surface area (Å²) in [7, 11) is 0. The second-order valence-electron chi connectivity index (χ2n) is 29.0. The Bertz CT molecular complexity index is 3230. The minimum Gasteiger partial charge on any atom is -0.344 e. The normalized spacial score (nSPS) is 12.9. The second-order valence-corrected chi connectivity index (χ2v) is 30.9. The quantitative estimate of drug-likeness (QED) is 0.0111. The topological polar surface area (TPSA) is 430 Å². The standard InChI is InChI=1S/C21H33N3O4.C20H31N3O4S.C20H31N3O4.C19H29N3O4S/c1-5-6-7-16(13-19(25)24-28)20(26)23-18(12-14(2)3)21(27)22-17-10-8-15(4)9-11-17;1-13(2)11-17(20(26)21-16-7-5-14(3)6-8-16)22-19(25)15(9-10-28-4)12-18(24)23-27;1-5-6-7-16(19(25)23-27)18(24)22-17(12-13(2)3)20(26)21-15-10-8-14(4)9-11-15;1-12(2)11-16(19(25)20-14-7-5-13(3)6-8-14)21-17(23)15(9-10-27-4)18(24)22-26/h8-11,14,16,18,28H,5-7,12-13H2,1-4H3,(H,22,27)(H,23,26)(H,24,25);5-8,13,15,17,27H,9-12H2,1-4H3,(H,21,26)(H,22,25)(H,23,24);8-11,13,16-17,27H,5-7,12H2,1-4H3,(H,21,26)(H,22,24)(H,23,25);5-8,12,15-16,26H,9-11H2,1-4H3,(H,20,25)(H,21,23)(H,22,24)/t16-,18+;15-,17+;16?,17-;15-,16-/m1100/s1. The zero-order valence-electron chi connectivity index (χ0n) is 67.0. The average molecular weight is 1570 g/mol. The van der Waals surface area contributed by atoms with Crippen molar-refractivity contribution in [3.63, 3.8) is 0 Å². The maximum Gasteiger partial charge on any atom is 0.255 e. The zero-order chi connectivity index (χ0) is 83.0. The van der Waals surface area contributed by atoms with E-state index < -0.39 is 83.3 Å². The van der Waals surface area contributed by atoms with Gasteiger partial charge in [-0.25, -0.2) is 21.9 Å². The van der Waals surface area contributed by atoms with Gasteiger partial charge in [-0.1, -0.05) is 166 Å².